The summed E-state index contributed by atoms with van der Waals surface area (Å²) in [5, 5.41) is 0. The van der Waals surface area contributed by atoms with Crippen molar-refractivity contribution in [3.63, 3.8) is 0 Å². The smallest absolute Gasteiger partial charge is 0.294 e. The first kappa shape index (κ1) is 11.4. The molecule has 2 rings (SSSR count). The highest BCUT2D eigenvalue weighted by molar-refractivity contribution is 5.87. The average Bonchev–Trinajstić information content (AvgIpc) is 2.69. The van der Waals surface area contributed by atoms with Gasteiger partial charge in [-0.05, 0) is 12.1 Å². The van der Waals surface area contributed by atoms with Gasteiger partial charge in [-0.15, -0.1) is 0 Å². The number of imidazole rings is 1. The van der Waals surface area contributed by atoms with Crippen LogP contribution in [0.5, 0.6) is 0 Å². The third kappa shape index (κ3) is 1.95. The summed E-state index contributed by atoms with van der Waals surface area (Å²) < 4.78 is 39.0. The van der Waals surface area contributed by atoms with Crippen molar-refractivity contribution in [3.8, 4) is 0 Å². The van der Waals surface area contributed by atoms with Gasteiger partial charge < -0.3 is 0 Å². The maximum Gasteiger partial charge on any atom is 0.397 e. The zero-order chi connectivity index (χ0) is 12.6. The average molecular weight is 244 g/mol. The number of carbonyl (C=O) groups is 1. The second-order valence-electron chi connectivity index (χ2n) is 3.54. The molecular formula is C10H7F3N2O2. The molecule has 7 heteroatoms. The monoisotopic (exact) mass is 244 g/mol. The summed E-state index contributed by atoms with van der Waals surface area (Å²) in [4.78, 5) is 17.7. The fourth-order valence-corrected chi connectivity index (χ4v) is 1.44. The van der Waals surface area contributed by atoms with Crippen LogP contribution in [0.1, 0.15) is 23.0 Å². The number of rotatable bonds is 2. The van der Waals surface area contributed by atoms with Gasteiger partial charge in [0.2, 0.25) is 0 Å². The van der Waals surface area contributed by atoms with E-state index in [0.717, 1.165) is 29.7 Å². The summed E-state index contributed by atoms with van der Waals surface area (Å²) in [5.74, 6) is -4.23. The number of nitrogens with zero attached hydrogens (tertiary/aromatic N) is 2. The molecule has 17 heavy (non-hydrogen) atoms. The van der Waals surface area contributed by atoms with E-state index >= 15 is 0 Å². The van der Waals surface area contributed by atoms with E-state index < -0.39 is 11.9 Å². The second-order valence-corrected chi connectivity index (χ2v) is 3.54. The molecule has 0 saturated carbocycles. The van der Waals surface area contributed by atoms with Crippen LogP contribution in [0.25, 0.3) is 5.65 Å². The molecule has 0 unspecified atom stereocenters. The molecule has 0 radical (unpaired) electrons. The largest absolute Gasteiger partial charge is 0.397 e. The van der Waals surface area contributed by atoms with Gasteiger partial charge in [-0.1, -0.05) is 0 Å². The molecule has 0 aliphatic carbocycles. The lowest BCUT2D eigenvalue weighted by Crippen LogP contribution is -2.08. The summed E-state index contributed by atoms with van der Waals surface area (Å²) in [6, 6.07) is 2.25. The van der Waals surface area contributed by atoms with Crippen molar-refractivity contribution in [1.29, 1.82) is 0 Å². The molecule has 0 amide bonds. The van der Waals surface area contributed by atoms with Gasteiger partial charge in [0.25, 0.3) is 5.92 Å². The molecule has 4 nitrogen and oxygen atoms in total. The van der Waals surface area contributed by atoms with E-state index in [1.54, 1.807) is 0 Å². The SMILES string of the molecule is CC(F)(F)c1ccn2c(C(=O)OF)cnc2c1. The highest BCUT2D eigenvalue weighted by Gasteiger charge is 2.25. The minimum absolute atomic E-state index is 0.115. The van der Waals surface area contributed by atoms with Gasteiger partial charge >= 0.3 is 5.97 Å². The second kappa shape index (κ2) is 3.76. The molecule has 2 aromatic heterocycles. The van der Waals surface area contributed by atoms with E-state index in [4.69, 9.17) is 0 Å². The Morgan fingerprint density at radius 3 is 2.82 bits per heavy atom. The number of hydrogen-bond acceptors (Lipinski definition) is 3. The van der Waals surface area contributed by atoms with E-state index in [2.05, 4.69) is 9.93 Å². The normalized spacial score (nSPS) is 11.8. The molecule has 2 heterocycles. The van der Waals surface area contributed by atoms with E-state index in [9.17, 15) is 18.1 Å². The molecule has 0 saturated heterocycles. The van der Waals surface area contributed by atoms with Crippen LogP contribution in [0.4, 0.5) is 13.3 Å². The molecule has 0 bridgehead atoms. The Morgan fingerprint density at radius 2 is 2.24 bits per heavy atom. The predicted octanol–water partition coefficient (Wildman–Crippen LogP) is 2.49. The van der Waals surface area contributed by atoms with Crippen LogP contribution in [-0.4, -0.2) is 15.4 Å². The molecule has 0 aromatic carbocycles. The molecule has 0 aliphatic rings. The summed E-state index contributed by atoms with van der Waals surface area (Å²) in [6.07, 6.45) is 2.26. The summed E-state index contributed by atoms with van der Waals surface area (Å²) in [7, 11) is 0. The van der Waals surface area contributed by atoms with Crippen LogP contribution in [0.15, 0.2) is 24.5 Å². The van der Waals surface area contributed by atoms with Crippen molar-refractivity contribution in [3.05, 3.63) is 35.8 Å². The summed E-state index contributed by atoms with van der Waals surface area (Å²) >= 11 is 0. The Balaban J connectivity index is 2.56. The first-order valence-electron chi connectivity index (χ1n) is 4.62. The van der Waals surface area contributed by atoms with E-state index in [1.165, 1.54) is 6.20 Å². The Morgan fingerprint density at radius 1 is 1.53 bits per heavy atom. The maximum atomic E-state index is 13.0. The Kier molecular flexibility index (Phi) is 2.53. The predicted molar refractivity (Wildman–Crippen MR) is 51.3 cm³/mol. The Bertz CT molecular complexity index is 574. The van der Waals surface area contributed by atoms with Crippen LogP contribution in [0.2, 0.25) is 0 Å². The third-order valence-corrected chi connectivity index (χ3v) is 2.30. The zero-order valence-electron chi connectivity index (χ0n) is 8.65. The number of carbonyl (C=O) groups excluding carboxylic acids is 1. The fraction of sp³-hybridized carbons (Fsp3) is 0.200. The van der Waals surface area contributed by atoms with E-state index in [-0.39, 0.29) is 16.9 Å². The van der Waals surface area contributed by atoms with Gasteiger partial charge in [0, 0.05) is 23.2 Å². The highest BCUT2D eigenvalue weighted by atomic mass is 19.3. The van der Waals surface area contributed by atoms with Gasteiger partial charge in [-0.3, -0.25) is 4.40 Å². The van der Waals surface area contributed by atoms with Crippen LogP contribution in [-0.2, 0) is 10.9 Å². The Hall–Kier alpha value is -2.05. The molecule has 90 valence electrons. The molecule has 2 aromatic rings. The lowest BCUT2D eigenvalue weighted by molar-refractivity contribution is -0.0794. The number of halogens is 3. The number of hydrogen-bond donors (Lipinski definition) is 0. The number of aromatic nitrogens is 2. The van der Waals surface area contributed by atoms with Gasteiger partial charge in [0.1, 0.15) is 5.65 Å². The highest BCUT2D eigenvalue weighted by Crippen LogP contribution is 2.27. The molecule has 0 spiro atoms. The van der Waals surface area contributed by atoms with Crippen LogP contribution in [0.3, 0.4) is 0 Å². The van der Waals surface area contributed by atoms with Crippen LogP contribution < -0.4 is 0 Å². The van der Waals surface area contributed by atoms with Gasteiger partial charge in [-0.2, -0.15) is 0 Å². The molecular weight excluding hydrogens is 237 g/mol. The van der Waals surface area contributed by atoms with Crippen molar-refractivity contribution >= 4 is 11.6 Å². The summed E-state index contributed by atoms with van der Waals surface area (Å²) in [5.41, 5.74) is -0.298. The van der Waals surface area contributed by atoms with Crippen molar-refractivity contribution in [1.82, 2.24) is 9.38 Å². The number of pyridine rings is 1. The maximum absolute atomic E-state index is 13.0. The molecule has 0 fully saturated rings. The first-order chi connectivity index (χ1) is 7.93. The van der Waals surface area contributed by atoms with E-state index in [1.807, 2.05) is 0 Å². The quantitative estimate of drug-likeness (QED) is 0.815. The Labute approximate surface area is 93.5 Å². The topological polar surface area (TPSA) is 43.6 Å². The van der Waals surface area contributed by atoms with Crippen LogP contribution in [0, 0.1) is 0 Å². The molecule has 0 N–H and O–H groups in total. The number of fused-ring (bicyclic) bond motifs is 1. The summed E-state index contributed by atoms with van der Waals surface area (Å²) in [6.45, 7) is 0.749. The third-order valence-electron chi connectivity index (χ3n) is 2.30. The van der Waals surface area contributed by atoms with Crippen molar-refractivity contribution in [2.45, 2.75) is 12.8 Å². The first-order valence-corrected chi connectivity index (χ1v) is 4.62. The van der Waals surface area contributed by atoms with E-state index in [0.29, 0.717) is 0 Å². The molecule has 0 atom stereocenters. The van der Waals surface area contributed by atoms with Gasteiger partial charge in [0.15, 0.2) is 5.69 Å². The van der Waals surface area contributed by atoms with Gasteiger partial charge in [0.05, 0.1) is 6.20 Å². The lowest BCUT2D eigenvalue weighted by Gasteiger charge is -2.10. The fourth-order valence-electron chi connectivity index (χ4n) is 1.44. The zero-order valence-corrected chi connectivity index (χ0v) is 8.65. The van der Waals surface area contributed by atoms with Gasteiger partial charge in [-0.25, -0.2) is 23.5 Å². The standard InChI is InChI=1S/C10H7F3N2O2/c1-10(11,12)6-2-3-15-7(9(16)17-13)5-14-8(15)4-6/h2-5H,1H3. The van der Waals surface area contributed by atoms with Crippen molar-refractivity contribution in [2.75, 3.05) is 0 Å². The minimum atomic E-state index is -3.01. The lowest BCUT2D eigenvalue weighted by atomic mass is 10.1. The van der Waals surface area contributed by atoms with Crippen molar-refractivity contribution < 1.29 is 23.0 Å². The van der Waals surface area contributed by atoms with Crippen molar-refractivity contribution in [2.24, 2.45) is 0 Å². The van der Waals surface area contributed by atoms with Crippen LogP contribution >= 0.6 is 0 Å². The minimum Gasteiger partial charge on any atom is -0.294 e. The molecule has 0 aliphatic heterocycles. The number of alkyl halides is 2.